The minimum absolute atomic E-state index is 0.0178. The van der Waals surface area contributed by atoms with Crippen molar-refractivity contribution in [2.45, 2.75) is 172 Å². The largest absolute Gasteiger partial charge is 0.394 e. The first-order valence-corrected chi connectivity index (χ1v) is 21.2. The van der Waals surface area contributed by atoms with Crippen LogP contribution in [0, 0.1) is 0 Å². The van der Waals surface area contributed by atoms with Crippen LogP contribution in [0.15, 0.2) is 0 Å². The summed E-state index contributed by atoms with van der Waals surface area (Å²) < 4.78 is 56.1. The highest BCUT2D eigenvalue weighted by Crippen LogP contribution is 2.32. The molecule has 6 aliphatic heterocycles. The van der Waals surface area contributed by atoms with Crippen molar-refractivity contribution in [1.82, 2.24) is 0 Å². The fraction of sp³-hybridized carbons (Fsp3) is 1.00. The molecule has 0 unspecified atom stereocenters. The van der Waals surface area contributed by atoms with Crippen LogP contribution in [0.3, 0.4) is 0 Å². The molecule has 6 aliphatic rings. The van der Waals surface area contributed by atoms with Gasteiger partial charge >= 0.3 is 0 Å². The maximum Gasteiger partial charge on any atom is 0.176 e. The number of nitrogens with two attached hydrogens (primary N) is 6. The van der Waals surface area contributed by atoms with Crippen LogP contribution in [0.25, 0.3) is 0 Å². The number of ether oxygens (including phenoxy) is 10. The Morgan fingerprint density at radius 3 is 0.969 bits per heavy atom. The molecule has 6 saturated heterocycles. The minimum Gasteiger partial charge on any atom is -0.394 e. The molecule has 26 atom stereocenters. The first-order valence-electron chi connectivity index (χ1n) is 21.2. The molecule has 28 heteroatoms. The van der Waals surface area contributed by atoms with E-state index in [0.717, 1.165) is 0 Å². The average Bonchev–Trinajstić information content (AvgIpc) is 3.29. The molecule has 6 heterocycles. The maximum absolute atomic E-state index is 10.8. The molecular weight excluding hydrogens is 868 g/mol. The van der Waals surface area contributed by atoms with Crippen molar-refractivity contribution in [3.63, 3.8) is 0 Å². The lowest BCUT2D eigenvalue weighted by atomic mass is 9.95. The lowest BCUT2D eigenvalue weighted by Crippen LogP contribution is -2.67. The van der Waals surface area contributed by atoms with Crippen LogP contribution in [0.4, 0.5) is 0 Å². The van der Waals surface area contributed by atoms with Gasteiger partial charge in [-0.25, -0.2) is 0 Å². The van der Waals surface area contributed by atoms with E-state index in [1.165, 1.54) is 0 Å². The maximum atomic E-state index is 10.8. The Bertz CT molecular complexity index is 1270. The van der Waals surface area contributed by atoms with Gasteiger partial charge in [-0.15, -0.1) is 0 Å². The highest BCUT2D eigenvalue weighted by Gasteiger charge is 2.52. The van der Waals surface area contributed by atoms with Crippen molar-refractivity contribution in [2.75, 3.05) is 52.9 Å². The molecule has 0 aromatic carbocycles. The van der Waals surface area contributed by atoms with Crippen LogP contribution in [0.2, 0.25) is 0 Å². The van der Waals surface area contributed by atoms with Gasteiger partial charge in [-0.3, -0.25) is 0 Å². The zero-order chi connectivity index (χ0) is 47.2. The van der Waals surface area contributed by atoms with Gasteiger partial charge in [-0.2, -0.15) is 0 Å². The third-order valence-electron chi connectivity index (χ3n) is 12.2. The van der Waals surface area contributed by atoms with Crippen molar-refractivity contribution in [3.8, 4) is 0 Å². The quantitative estimate of drug-likeness (QED) is 0.0769. The zero-order valence-corrected chi connectivity index (χ0v) is 35.0. The van der Waals surface area contributed by atoms with Gasteiger partial charge in [0, 0.05) is 12.8 Å². The Labute approximate surface area is 367 Å². The van der Waals surface area contributed by atoms with Gasteiger partial charge in [-0.1, -0.05) is 0 Å². The van der Waals surface area contributed by atoms with E-state index in [0.29, 0.717) is 0 Å². The summed E-state index contributed by atoms with van der Waals surface area (Å²) in [5, 5.41) is 120. The number of hydrogen-bond acceptors (Lipinski definition) is 28. The van der Waals surface area contributed by atoms with Gasteiger partial charge in [0.2, 0.25) is 0 Å². The van der Waals surface area contributed by atoms with Crippen molar-refractivity contribution >= 4 is 0 Å². The normalized spacial score (nSPS) is 50.3. The SMILES string of the molecule is N[C@@H]1[C@@H](O[C@@H]2[C@H](O)[C@H](N)CO[C@H]2CO)O[C@@H](CO)[C@H](O[C@H]2O[C@@H](CO)C[C@H](O)[C@@H]2N)[C@@H]1O.N[C@H]1[C@H](O[C@H]2[C@@H](O)[C@@H](N)CO[C@@H]2CO)O[C@H](CO)[C@@H](O[C@@H]2O[C@H](CO)C[C@@H](O)[C@H]2N)[C@H]1O. The highest BCUT2D eigenvalue weighted by molar-refractivity contribution is 4.99. The van der Waals surface area contributed by atoms with E-state index in [-0.39, 0.29) is 39.3 Å². The van der Waals surface area contributed by atoms with Gasteiger partial charge < -0.3 is 143 Å². The summed E-state index contributed by atoms with van der Waals surface area (Å²) in [6.07, 6.45) is -22.2. The number of hydrogen-bond donors (Lipinski definition) is 18. The second-order valence-electron chi connectivity index (χ2n) is 16.8. The molecule has 0 aliphatic carbocycles. The topological polar surface area (TPSA) is 491 Å². The molecule has 0 amide bonds. The molecule has 0 radical (unpaired) electrons. The lowest BCUT2D eigenvalue weighted by Gasteiger charge is -2.47. The number of aliphatic hydroxyl groups is 12. The molecule has 0 spiro atoms. The second kappa shape index (κ2) is 24.4. The highest BCUT2D eigenvalue weighted by atomic mass is 16.7. The monoisotopic (exact) mass is 938 g/mol. The lowest BCUT2D eigenvalue weighted by molar-refractivity contribution is -0.335. The molecule has 6 rings (SSSR count). The summed E-state index contributed by atoms with van der Waals surface area (Å²) in [5.41, 5.74) is 35.7. The molecule has 0 aromatic rings. The Hall–Kier alpha value is -1.12. The van der Waals surface area contributed by atoms with E-state index in [1.807, 2.05) is 0 Å². The summed E-state index contributed by atoms with van der Waals surface area (Å²) >= 11 is 0. The third-order valence-corrected chi connectivity index (χ3v) is 12.2. The van der Waals surface area contributed by atoms with Crippen molar-refractivity contribution < 1.29 is 109 Å². The Morgan fingerprint density at radius 1 is 0.375 bits per heavy atom. The minimum atomic E-state index is -1.43. The van der Waals surface area contributed by atoms with Crippen molar-refractivity contribution in [2.24, 2.45) is 34.4 Å². The molecule has 0 aromatic heterocycles. The smallest absolute Gasteiger partial charge is 0.176 e. The number of rotatable bonds is 14. The van der Waals surface area contributed by atoms with Crippen LogP contribution in [-0.4, -0.2) is 273 Å². The first-order chi connectivity index (χ1) is 30.4. The van der Waals surface area contributed by atoms with Crippen LogP contribution >= 0.6 is 0 Å². The van der Waals surface area contributed by atoms with Crippen molar-refractivity contribution in [1.29, 1.82) is 0 Å². The molecule has 376 valence electrons. The predicted octanol–water partition coefficient (Wildman–Crippen LogP) is -11.9. The Morgan fingerprint density at radius 2 is 0.672 bits per heavy atom. The number of aliphatic hydroxyl groups excluding tert-OH is 12. The second-order valence-corrected chi connectivity index (χ2v) is 16.8. The Kier molecular flexibility index (Phi) is 20.6. The summed E-state index contributed by atoms with van der Waals surface area (Å²) in [5.74, 6) is 0. The van der Waals surface area contributed by atoms with E-state index in [2.05, 4.69) is 0 Å². The molecule has 64 heavy (non-hydrogen) atoms. The molecular formula is C36H70N6O22. The van der Waals surface area contributed by atoms with E-state index in [4.69, 9.17) is 81.8 Å². The first kappa shape index (κ1) is 53.8. The average molecular weight is 939 g/mol. The summed E-state index contributed by atoms with van der Waals surface area (Å²) in [6.45, 7) is -2.82. The predicted molar refractivity (Wildman–Crippen MR) is 209 cm³/mol. The van der Waals surface area contributed by atoms with Crippen LogP contribution in [0.5, 0.6) is 0 Å². The van der Waals surface area contributed by atoms with Crippen molar-refractivity contribution in [3.05, 3.63) is 0 Å². The zero-order valence-electron chi connectivity index (χ0n) is 35.0. The molecule has 24 N–H and O–H groups in total. The Balaban J connectivity index is 0.000000241. The van der Waals surface area contributed by atoms with E-state index in [1.54, 1.807) is 0 Å². The van der Waals surface area contributed by atoms with Gasteiger partial charge in [-0.05, 0) is 0 Å². The van der Waals surface area contributed by atoms with Crippen LogP contribution < -0.4 is 34.4 Å². The fourth-order valence-corrected chi connectivity index (χ4v) is 8.18. The van der Waals surface area contributed by atoms with Crippen LogP contribution in [0.1, 0.15) is 12.8 Å². The molecule has 6 fully saturated rings. The van der Waals surface area contributed by atoms with Gasteiger partial charge in [0.25, 0.3) is 0 Å². The summed E-state index contributed by atoms with van der Waals surface area (Å²) in [4.78, 5) is 0. The fourth-order valence-electron chi connectivity index (χ4n) is 8.18. The standard InChI is InChI=1S/2C18H35N3O11/c2*19-7-5-28-9(3-23)15(13(7)26)31-18-12(21)14(27)16(10(4-24)30-18)32-17-11(20)8(25)1-6(2-22)29-17/h2*6-18,22-27H,1-5,19-21H2/t2*6-,7-,8+,9+,10+,11+,12+,13-,14-,15+,16+,17-,18-/m10/s1. The van der Waals surface area contributed by atoms with Gasteiger partial charge in [0.15, 0.2) is 25.2 Å². The van der Waals surface area contributed by atoms with Gasteiger partial charge in [0.05, 0.1) is 114 Å². The van der Waals surface area contributed by atoms with E-state index in [9.17, 15) is 61.3 Å². The van der Waals surface area contributed by atoms with Gasteiger partial charge in [0.1, 0.15) is 73.2 Å². The van der Waals surface area contributed by atoms with E-state index >= 15 is 0 Å². The molecule has 28 nitrogen and oxygen atoms in total. The van der Waals surface area contributed by atoms with E-state index < -0.39 is 186 Å². The molecule has 0 bridgehead atoms. The summed E-state index contributed by atoms with van der Waals surface area (Å²) in [7, 11) is 0. The third kappa shape index (κ3) is 12.4. The summed E-state index contributed by atoms with van der Waals surface area (Å²) in [6, 6.07) is -5.90. The van der Waals surface area contributed by atoms with Crippen LogP contribution in [-0.2, 0) is 47.4 Å². The molecule has 0 saturated carbocycles.